The summed E-state index contributed by atoms with van der Waals surface area (Å²) in [5.41, 5.74) is 0.890. The van der Waals surface area contributed by atoms with Crippen LogP contribution in [0, 0.1) is 5.82 Å². The van der Waals surface area contributed by atoms with Crippen LogP contribution in [0.5, 0.6) is 11.5 Å². The van der Waals surface area contributed by atoms with Gasteiger partial charge in [0.2, 0.25) is 0 Å². The molecule has 6 heteroatoms. The maximum absolute atomic E-state index is 13.3. The zero-order valence-corrected chi connectivity index (χ0v) is 14.5. The quantitative estimate of drug-likeness (QED) is 0.498. The van der Waals surface area contributed by atoms with E-state index in [1.807, 2.05) is 0 Å². The van der Waals surface area contributed by atoms with E-state index in [9.17, 15) is 9.18 Å². The van der Waals surface area contributed by atoms with E-state index in [-0.39, 0.29) is 35.4 Å². The molecule has 0 aliphatic heterocycles. The van der Waals surface area contributed by atoms with E-state index in [1.165, 1.54) is 30.3 Å². The predicted octanol–water partition coefficient (Wildman–Crippen LogP) is 4.80. The molecule has 0 aliphatic carbocycles. The second kappa shape index (κ2) is 9.08. The van der Waals surface area contributed by atoms with Crippen LogP contribution in [0.25, 0.3) is 0 Å². The minimum Gasteiger partial charge on any atom is -0.490 e. The van der Waals surface area contributed by atoms with Crippen molar-refractivity contribution in [1.82, 2.24) is 0 Å². The first kappa shape index (κ1) is 18.8. The van der Waals surface area contributed by atoms with Gasteiger partial charge < -0.3 is 14.2 Å². The molecule has 0 aliphatic rings. The lowest BCUT2D eigenvalue weighted by molar-refractivity contribution is 0.0549. The average Bonchev–Trinajstić information content (AvgIpc) is 2.59. The van der Waals surface area contributed by atoms with Crippen LogP contribution in [0.15, 0.2) is 49.1 Å². The topological polar surface area (TPSA) is 44.8 Å². The Labute approximate surface area is 150 Å². The van der Waals surface area contributed by atoms with Gasteiger partial charge in [-0.3, -0.25) is 0 Å². The Hall–Kier alpha value is -2.53. The van der Waals surface area contributed by atoms with Crippen molar-refractivity contribution in [3.63, 3.8) is 0 Å². The molecule has 4 nitrogen and oxygen atoms in total. The maximum Gasteiger partial charge on any atom is 0.338 e. The van der Waals surface area contributed by atoms with E-state index in [1.54, 1.807) is 19.1 Å². The number of esters is 1. The van der Waals surface area contributed by atoms with Gasteiger partial charge in [-0.15, -0.1) is 0 Å². The molecule has 0 radical (unpaired) electrons. The highest BCUT2D eigenvalue weighted by Crippen LogP contribution is 2.37. The summed E-state index contributed by atoms with van der Waals surface area (Å²) >= 11 is 6.24. The number of hydrogen-bond acceptors (Lipinski definition) is 4. The van der Waals surface area contributed by atoms with E-state index >= 15 is 0 Å². The van der Waals surface area contributed by atoms with Crippen molar-refractivity contribution in [2.75, 3.05) is 13.2 Å². The van der Waals surface area contributed by atoms with Gasteiger partial charge in [-0.2, -0.15) is 0 Å². The highest BCUT2D eigenvalue weighted by atomic mass is 35.5. The van der Waals surface area contributed by atoms with E-state index in [2.05, 4.69) is 6.58 Å². The fourth-order valence-corrected chi connectivity index (χ4v) is 2.35. The molecule has 0 saturated carbocycles. The summed E-state index contributed by atoms with van der Waals surface area (Å²) < 4.78 is 29.4. The second-order valence-electron chi connectivity index (χ2n) is 5.02. The van der Waals surface area contributed by atoms with Crippen LogP contribution in [0.3, 0.4) is 0 Å². The Bertz CT molecular complexity index is 761. The zero-order chi connectivity index (χ0) is 18.2. The van der Waals surface area contributed by atoms with Gasteiger partial charge in [0.15, 0.2) is 11.5 Å². The number of hydrogen-bond donors (Lipinski definition) is 0. The van der Waals surface area contributed by atoms with Gasteiger partial charge in [-0.05, 0) is 36.8 Å². The normalized spacial score (nSPS) is 10.2. The molecule has 0 spiro atoms. The number of ether oxygens (including phenoxy) is 3. The first-order valence-electron chi connectivity index (χ1n) is 7.66. The standard InChI is InChI=1S/C19H18ClFO4/c1-3-8-24-19(22)14-10-16(20)18(17(11-14)23-4-2)25-12-13-6-5-7-15(21)9-13/h3,5-7,9-11H,1,4,8,12H2,2H3. The number of rotatable bonds is 8. The van der Waals surface area contributed by atoms with Crippen molar-refractivity contribution in [3.8, 4) is 11.5 Å². The molecule has 0 bridgehead atoms. The fraction of sp³-hybridized carbons (Fsp3) is 0.211. The molecule has 0 atom stereocenters. The van der Waals surface area contributed by atoms with Crippen molar-refractivity contribution in [1.29, 1.82) is 0 Å². The maximum atomic E-state index is 13.3. The summed E-state index contributed by atoms with van der Waals surface area (Å²) in [5, 5.41) is 0.202. The monoisotopic (exact) mass is 364 g/mol. The van der Waals surface area contributed by atoms with Crippen LogP contribution in [-0.2, 0) is 11.3 Å². The SMILES string of the molecule is C=CCOC(=O)c1cc(Cl)c(OCc2cccc(F)c2)c(OCC)c1. The zero-order valence-electron chi connectivity index (χ0n) is 13.8. The first-order valence-corrected chi connectivity index (χ1v) is 8.04. The van der Waals surface area contributed by atoms with Crippen LogP contribution in [-0.4, -0.2) is 19.2 Å². The lowest BCUT2D eigenvalue weighted by atomic mass is 10.2. The van der Waals surface area contributed by atoms with Crippen molar-refractivity contribution < 1.29 is 23.4 Å². The summed E-state index contributed by atoms with van der Waals surface area (Å²) in [5.74, 6) is -0.290. The minimum absolute atomic E-state index is 0.0955. The van der Waals surface area contributed by atoms with Crippen molar-refractivity contribution >= 4 is 17.6 Å². The van der Waals surface area contributed by atoms with E-state index in [0.29, 0.717) is 17.9 Å². The summed E-state index contributed by atoms with van der Waals surface area (Å²) in [7, 11) is 0. The molecule has 0 fully saturated rings. The number of carbonyl (C=O) groups excluding carboxylic acids is 1. The second-order valence-corrected chi connectivity index (χ2v) is 5.43. The third kappa shape index (κ3) is 5.22. The van der Waals surface area contributed by atoms with Crippen LogP contribution in [0.4, 0.5) is 4.39 Å². The molecular formula is C19H18ClFO4. The number of halogens is 2. The van der Waals surface area contributed by atoms with Gasteiger partial charge in [-0.25, -0.2) is 9.18 Å². The molecule has 0 unspecified atom stereocenters. The van der Waals surface area contributed by atoms with Crippen molar-refractivity contribution in [2.45, 2.75) is 13.5 Å². The largest absolute Gasteiger partial charge is 0.490 e. The summed E-state index contributed by atoms with van der Waals surface area (Å²) in [6.07, 6.45) is 1.47. The summed E-state index contributed by atoms with van der Waals surface area (Å²) in [6.45, 7) is 5.85. The lowest BCUT2D eigenvalue weighted by Gasteiger charge is -2.15. The van der Waals surface area contributed by atoms with Gasteiger partial charge >= 0.3 is 5.97 Å². The van der Waals surface area contributed by atoms with Gasteiger partial charge in [0.1, 0.15) is 19.0 Å². The Kier molecular flexibility index (Phi) is 6.83. The molecule has 132 valence electrons. The van der Waals surface area contributed by atoms with Gasteiger partial charge in [0.25, 0.3) is 0 Å². The molecular weight excluding hydrogens is 347 g/mol. The van der Waals surface area contributed by atoms with Crippen LogP contribution in [0.1, 0.15) is 22.8 Å². The minimum atomic E-state index is -0.542. The molecule has 2 rings (SSSR count). The summed E-state index contributed by atoms with van der Waals surface area (Å²) in [4.78, 5) is 12.0. The predicted molar refractivity (Wildman–Crippen MR) is 93.8 cm³/mol. The van der Waals surface area contributed by atoms with E-state index in [4.69, 9.17) is 25.8 Å². The Morgan fingerprint density at radius 3 is 2.76 bits per heavy atom. The molecule has 2 aromatic carbocycles. The number of carbonyl (C=O) groups is 1. The van der Waals surface area contributed by atoms with Gasteiger partial charge in [0, 0.05) is 0 Å². The van der Waals surface area contributed by atoms with Crippen LogP contribution in [0.2, 0.25) is 5.02 Å². The highest BCUT2D eigenvalue weighted by Gasteiger charge is 2.17. The molecule has 0 heterocycles. The lowest BCUT2D eigenvalue weighted by Crippen LogP contribution is -2.07. The van der Waals surface area contributed by atoms with Gasteiger partial charge in [-0.1, -0.05) is 36.4 Å². The molecule has 0 N–H and O–H groups in total. The Morgan fingerprint density at radius 1 is 1.28 bits per heavy atom. The van der Waals surface area contributed by atoms with Crippen LogP contribution < -0.4 is 9.47 Å². The van der Waals surface area contributed by atoms with E-state index < -0.39 is 5.97 Å². The van der Waals surface area contributed by atoms with E-state index in [0.717, 1.165) is 0 Å². The molecule has 0 aromatic heterocycles. The fourth-order valence-electron chi connectivity index (χ4n) is 2.09. The van der Waals surface area contributed by atoms with Gasteiger partial charge in [0.05, 0.1) is 17.2 Å². The molecule has 25 heavy (non-hydrogen) atoms. The molecule has 0 saturated heterocycles. The molecule has 2 aromatic rings. The third-order valence-corrected chi connectivity index (χ3v) is 3.43. The number of benzene rings is 2. The third-order valence-electron chi connectivity index (χ3n) is 3.15. The average molecular weight is 365 g/mol. The smallest absolute Gasteiger partial charge is 0.338 e. The highest BCUT2D eigenvalue weighted by molar-refractivity contribution is 6.32. The first-order chi connectivity index (χ1) is 12.0. The van der Waals surface area contributed by atoms with Crippen molar-refractivity contribution in [2.24, 2.45) is 0 Å². The Balaban J connectivity index is 2.24. The van der Waals surface area contributed by atoms with Crippen LogP contribution >= 0.6 is 11.6 Å². The van der Waals surface area contributed by atoms with Crippen molar-refractivity contribution in [3.05, 3.63) is 71.0 Å². The summed E-state index contributed by atoms with van der Waals surface area (Å²) in [6, 6.07) is 9.00. The Morgan fingerprint density at radius 2 is 2.08 bits per heavy atom. The molecule has 0 amide bonds.